The Morgan fingerprint density at radius 2 is 2.05 bits per heavy atom. The second-order valence-corrected chi connectivity index (χ2v) is 7.49. The average molecular weight is 308 g/mol. The van der Waals surface area contributed by atoms with Gasteiger partial charge in [-0.25, -0.2) is 4.79 Å². The summed E-state index contributed by atoms with van der Waals surface area (Å²) in [6.07, 6.45) is 6.86. The number of carbonyl (C=O) groups excluding carboxylic acids is 1. The van der Waals surface area contributed by atoms with Gasteiger partial charge in [0, 0.05) is 17.4 Å². The molecule has 4 atom stereocenters. The number of ether oxygens (including phenoxy) is 1. The number of methoxy groups -OCH3 is 1. The molecule has 0 aliphatic heterocycles. The van der Waals surface area contributed by atoms with Crippen molar-refractivity contribution in [2.45, 2.75) is 59.3 Å². The smallest absolute Gasteiger partial charge is 0.331 e. The van der Waals surface area contributed by atoms with Crippen molar-refractivity contribution >= 4 is 11.9 Å². The molecule has 0 bridgehead atoms. The largest absolute Gasteiger partial charge is 0.478 e. The molecule has 0 aromatic rings. The summed E-state index contributed by atoms with van der Waals surface area (Å²) in [6, 6.07) is 0. The zero-order valence-corrected chi connectivity index (χ0v) is 14.1. The molecule has 0 radical (unpaired) electrons. The summed E-state index contributed by atoms with van der Waals surface area (Å²) >= 11 is 0. The Morgan fingerprint density at radius 1 is 1.36 bits per heavy atom. The Balaban J connectivity index is 2.32. The lowest BCUT2D eigenvalue weighted by Crippen LogP contribution is -2.51. The van der Waals surface area contributed by atoms with E-state index in [-0.39, 0.29) is 16.8 Å². The molecule has 4 heteroatoms. The molecule has 22 heavy (non-hydrogen) atoms. The van der Waals surface area contributed by atoms with Crippen LogP contribution in [0.5, 0.6) is 0 Å². The first-order valence-corrected chi connectivity index (χ1v) is 8.26. The highest BCUT2D eigenvalue weighted by molar-refractivity contribution is 5.88. The van der Waals surface area contributed by atoms with E-state index in [1.807, 2.05) is 6.08 Å². The predicted octanol–water partition coefficient (Wildman–Crippen LogP) is 3.80. The summed E-state index contributed by atoms with van der Waals surface area (Å²) in [7, 11) is 1.42. The van der Waals surface area contributed by atoms with Gasteiger partial charge >= 0.3 is 11.9 Å². The van der Waals surface area contributed by atoms with Crippen molar-refractivity contribution < 1.29 is 19.4 Å². The van der Waals surface area contributed by atoms with Crippen LogP contribution in [0.2, 0.25) is 0 Å². The molecule has 124 valence electrons. The first-order valence-electron chi connectivity index (χ1n) is 8.26. The van der Waals surface area contributed by atoms with Crippen LogP contribution in [0.3, 0.4) is 0 Å². The van der Waals surface area contributed by atoms with Gasteiger partial charge < -0.3 is 9.84 Å². The fraction of sp³-hybridized carbons (Fsp3) is 0.778. The average Bonchev–Trinajstić information content (AvgIpc) is 2.48. The maximum absolute atomic E-state index is 11.7. The molecule has 0 spiro atoms. The van der Waals surface area contributed by atoms with Crippen LogP contribution in [0.4, 0.5) is 0 Å². The number of carboxylic acid groups (broad SMARTS) is 1. The quantitative estimate of drug-likeness (QED) is 0.802. The molecule has 0 amide bonds. The topological polar surface area (TPSA) is 63.6 Å². The maximum Gasteiger partial charge on any atom is 0.331 e. The standard InChI is InChI=1S/C18H28O4/c1-12-8-10-18(3)13(16(20)21)6-5-7-14(18)17(12,2)11-9-15(19)22-4/h6,12,14H,5,7-11H2,1-4H3,(H,20,21)/t12-,14-,17+,18+/m1/s1. The highest BCUT2D eigenvalue weighted by Crippen LogP contribution is 2.61. The first-order chi connectivity index (χ1) is 10.3. The number of aliphatic carboxylic acids is 1. The van der Waals surface area contributed by atoms with E-state index in [1.165, 1.54) is 7.11 Å². The SMILES string of the molecule is COC(=O)CC[C@@]1(C)[C@H](C)CC[C@@]2(C)C(C(=O)O)=CCC[C@H]12. The molecular weight excluding hydrogens is 280 g/mol. The summed E-state index contributed by atoms with van der Waals surface area (Å²) in [4.78, 5) is 23.3. The van der Waals surface area contributed by atoms with Crippen LogP contribution in [0, 0.1) is 22.7 Å². The second-order valence-electron chi connectivity index (χ2n) is 7.49. The van der Waals surface area contributed by atoms with Crippen molar-refractivity contribution in [2.75, 3.05) is 7.11 Å². The molecule has 1 N–H and O–H groups in total. The number of allylic oxidation sites excluding steroid dienone is 1. The normalized spacial score (nSPS) is 37.9. The summed E-state index contributed by atoms with van der Waals surface area (Å²) < 4.78 is 4.80. The van der Waals surface area contributed by atoms with Crippen molar-refractivity contribution in [2.24, 2.45) is 22.7 Å². The van der Waals surface area contributed by atoms with E-state index in [2.05, 4.69) is 20.8 Å². The van der Waals surface area contributed by atoms with Crippen molar-refractivity contribution in [3.8, 4) is 0 Å². The number of carbonyl (C=O) groups is 2. The highest BCUT2D eigenvalue weighted by Gasteiger charge is 2.55. The number of rotatable bonds is 4. The Kier molecular flexibility index (Phi) is 4.69. The molecule has 2 aliphatic rings. The third-order valence-corrected chi connectivity index (χ3v) is 6.53. The van der Waals surface area contributed by atoms with Crippen LogP contribution in [-0.2, 0) is 14.3 Å². The van der Waals surface area contributed by atoms with E-state index in [9.17, 15) is 14.7 Å². The fourth-order valence-corrected chi connectivity index (χ4v) is 4.92. The van der Waals surface area contributed by atoms with Crippen molar-refractivity contribution in [3.05, 3.63) is 11.6 Å². The molecule has 2 rings (SSSR count). The predicted molar refractivity (Wildman–Crippen MR) is 84.3 cm³/mol. The molecule has 0 heterocycles. The molecule has 0 aromatic heterocycles. The Hall–Kier alpha value is -1.32. The Bertz CT molecular complexity index is 495. The number of fused-ring (bicyclic) bond motifs is 1. The number of esters is 1. The van der Waals surface area contributed by atoms with Gasteiger partial charge in [-0.2, -0.15) is 0 Å². The molecule has 0 unspecified atom stereocenters. The highest BCUT2D eigenvalue weighted by atomic mass is 16.5. The van der Waals surface area contributed by atoms with Gasteiger partial charge in [-0.05, 0) is 49.4 Å². The van der Waals surface area contributed by atoms with Crippen LogP contribution in [0.25, 0.3) is 0 Å². The lowest BCUT2D eigenvalue weighted by atomic mass is 9.47. The maximum atomic E-state index is 11.7. The summed E-state index contributed by atoms with van der Waals surface area (Å²) in [6.45, 7) is 6.60. The van der Waals surface area contributed by atoms with Crippen molar-refractivity contribution in [3.63, 3.8) is 0 Å². The zero-order chi connectivity index (χ0) is 16.5. The van der Waals surface area contributed by atoms with Gasteiger partial charge in [0.25, 0.3) is 0 Å². The minimum Gasteiger partial charge on any atom is -0.478 e. The third-order valence-electron chi connectivity index (χ3n) is 6.53. The first kappa shape index (κ1) is 17.0. The number of carboxylic acids is 1. The van der Waals surface area contributed by atoms with Gasteiger partial charge in [0.05, 0.1) is 7.11 Å². The fourth-order valence-electron chi connectivity index (χ4n) is 4.92. The minimum absolute atomic E-state index is 0.0177. The molecule has 1 saturated carbocycles. The van der Waals surface area contributed by atoms with E-state index >= 15 is 0 Å². The second kappa shape index (κ2) is 6.05. The summed E-state index contributed by atoms with van der Waals surface area (Å²) in [5.41, 5.74) is 0.289. The van der Waals surface area contributed by atoms with Gasteiger partial charge in [0.1, 0.15) is 0 Å². The summed E-state index contributed by atoms with van der Waals surface area (Å²) in [5.74, 6) is -0.157. The van der Waals surface area contributed by atoms with Crippen molar-refractivity contribution in [1.29, 1.82) is 0 Å². The van der Waals surface area contributed by atoms with Gasteiger partial charge in [-0.1, -0.05) is 26.8 Å². The van der Waals surface area contributed by atoms with E-state index in [0.29, 0.717) is 23.8 Å². The van der Waals surface area contributed by atoms with E-state index in [0.717, 1.165) is 32.1 Å². The molecule has 0 aromatic carbocycles. The Labute approximate surface area is 132 Å². The molecule has 0 saturated heterocycles. The van der Waals surface area contributed by atoms with Crippen LogP contribution in [0.15, 0.2) is 11.6 Å². The summed E-state index contributed by atoms with van der Waals surface area (Å²) in [5, 5.41) is 9.59. The van der Waals surface area contributed by atoms with Crippen LogP contribution >= 0.6 is 0 Å². The van der Waals surface area contributed by atoms with Gasteiger partial charge in [0.15, 0.2) is 0 Å². The zero-order valence-electron chi connectivity index (χ0n) is 14.1. The van der Waals surface area contributed by atoms with Crippen molar-refractivity contribution in [1.82, 2.24) is 0 Å². The van der Waals surface area contributed by atoms with Crippen LogP contribution in [0.1, 0.15) is 59.3 Å². The molecule has 1 fully saturated rings. The minimum atomic E-state index is -0.780. The number of hydrogen-bond donors (Lipinski definition) is 1. The molecule has 2 aliphatic carbocycles. The van der Waals surface area contributed by atoms with E-state index < -0.39 is 5.97 Å². The third kappa shape index (κ3) is 2.68. The van der Waals surface area contributed by atoms with Gasteiger partial charge in [0.2, 0.25) is 0 Å². The monoisotopic (exact) mass is 308 g/mol. The molecular formula is C18H28O4. The Morgan fingerprint density at radius 3 is 2.64 bits per heavy atom. The molecule has 4 nitrogen and oxygen atoms in total. The van der Waals surface area contributed by atoms with Crippen LogP contribution < -0.4 is 0 Å². The van der Waals surface area contributed by atoms with Crippen LogP contribution in [-0.4, -0.2) is 24.2 Å². The number of hydrogen-bond acceptors (Lipinski definition) is 3. The van der Waals surface area contributed by atoms with Gasteiger partial charge in [-0.15, -0.1) is 0 Å². The van der Waals surface area contributed by atoms with E-state index in [4.69, 9.17) is 4.74 Å². The van der Waals surface area contributed by atoms with Gasteiger partial charge in [-0.3, -0.25) is 4.79 Å². The lowest BCUT2D eigenvalue weighted by Gasteiger charge is -2.57. The lowest BCUT2D eigenvalue weighted by molar-refractivity contribution is -0.144. The van der Waals surface area contributed by atoms with E-state index in [1.54, 1.807) is 0 Å².